The smallest absolute Gasteiger partial charge is 0.310 e. The van der Waals surface area contributed by atoms with E-state index in [-0.39, 0.29) is 21.7 Å². The van der Waals surface area contributed by atoms with Gasteiger partial charge in [0.1, 0.15) is 4.90 Å². The van der Waals surface area contributed by atoms with Crippen LogP contribution in [0.1, 0.15) is 36.5 Å². The molecule has 4 rings (SSSR count). The standard InChI is InChI=1S/C26H30N2O4S/c1-5-32-26(29)20-7-6-12-28(16-20)25-22-13-17(2)8-11-23(22)27-15-24(25)33(30,31)21-10-9-18(3)19(4)14-21/h8-11,13-15,20H,5-7,12,16H2,1-4H3. The Bertz CT molecular complexity index is 1320. The highest BCUT2D eigenvalue weighted by Gasteiger charge is 2.32. The quantitative estimate of drug-likeness (QED) is 0.504. The summed E-state index contributed by atoms with van der Waals surface area (Å²) in [6.07, 6.45) is 2.98. The number of fused-ring (bicyclic) bond motifs is 1. The molecule has 1 aliphatic rings. The highest BCUT2D eigenvalue weighted by atomic mass is 32.2. The SMILES string of the molecule is CCOC(=O)C1CCCN(c2c(S(=O)(=O)c3ccc(C)c(C)c3)cnc3ccc(C)cc23)C1. The van der Waals surface area contributed by atoms with Crippen molar-refractivity contribution in [1.29, 1.82) is 0 Å². The second-order valence-electron chi connectivity index (χ2n) is 8.78. The van der Waals surface area contributed by atoms with Crippen molar-refractivity contribution in [3.8, 4) is 0 Å². The van der Waals surface area contributed by atoms with Crippen LogP contribution in [0.25, 0.3) is 10.9 Å². The van der Waals surface area contributed by atoms with Crippen molar-refractivity contribution in [2.75, 3.05) is 24.6 Å². The zero-order valence-electron chi connectivity index (χ0n) is 19.6. The lowest BCUT2D eigenvalue weighted by atomic mass is 9.97. The molecule has 33 heavy (non-hydrogen) atoms. The Kier molecular flexibility index (Phi) is 6.43. The lowest BCUT2D eigenvalue weighted by molar-refractivity contribution is -0.148. The zero-order chi connectivity index (χ0) is 23.8. The summed E-state index contributed by atoms with van der Waals surface area (Å²) in [6.45, 7) is 9.06. The number of pyridine rings is 1. The van der Waals surface area contributed by atoms with Gasteiger partial charge < -0.3 is 9.64 Å². The van der Waals surface area contributed by atoms with Crippen molar-refractivity contribution in [2.45, 2.75) is 50.3 Å². The molecule has 0 radical (unpaired) electrons. The summed E-state index contributed by atoms with van der Waals surface area (Å²) in [5.74, 6) is -0.515. The predicted octanol–water partition coefficient (Wildman–Crippen LogP) is 4.77. The molecule has 1 unspecified atom stereocenters. The van der Waals surface area contributed by atoms with Gasteiger partial charge in [-0.15, -0.1) is 0 Å². The summed E-state index contributed by atoms with van der Waals surface area (Å²) >= 11 is 0. The Balaban J connectivity index is 1.90. The Hall–Kier alpha value is -2.93. The van der Waals surface area contributed by atoms with Crippen LogP contribution in [-0.4, -0.2) is 39.1 Å². The second-order valence-corrected chi connectivity index (χ2v) is 10.7. The Morgan fingerprint density at radius 2 is 1.91 bits per heavy atom. The van der Waals surface area contributed by atoms with E-state index in [1.807, 2.05) is 49.9 Å². The number of aryl methyl sites for hydroxylation is 3. The van der Waals surface area contributed by atoms with Crippen LogP contribution in [0.5, 0.6) is 0 Å². The number of anilines is 1. The average molecular weight is 467 g/mol. The molecule has 1 aromatic heterocycles. The maximum absolute atomic E-state index is 13.8. The first kappa shape index (κ1) is 23.2. The van der Waals surface area contributed by atoms with Gasteiger partial charge in [-0.3, -0.25) is 9.78 Å². The van der Waals surface area contributed by atoms with Crippen molar-refractivity contribution in [1.82, 2.24) is 4.98 Å². The third kappa shape index (κ3) is 4.47. The van der Waals surface area contributed by atoms with Crippen molar-refractivity contribution >= 4 is 32.4 Å². The minimum Gasteiger partial charge on any atom is -0.466 e. The summed E-state index contributed by atoms with van der Waals surface area (Å²) in [5.41, 5.74) is 4.33. The molecule has 0 bridgehead atoms. The van der Waals surface area contributed by atoms with Gasteiger partial charge in [-0.2, -0.15) is 0 Å². The number of sulfone groups is 1. The molecule has 0 aliphatic carbocycles. The fraction of sp³-hybridized carbons (Fsp3) is 0.385. The number of hydrogen-bond donors (Lipinski definition) is 0. The van der Waals surface area contributed by atoms with Crippen LogP contribution in [-0.2, 0) is 19.4 Å². The number of carbonyl (C=O) groups excluding carboxylic acids is 1. The highest BCUT2D eigenvalue weighted by Crippen LogP contribution is 2.38. The fourth-order valence-corrected chi connectivity index (χ4v) is 5.96. The number of benzene rings is 2. The van der Waals surface area contributed by atoms with E-state index in [2.05, 4.69) is 4.98 Å². The van der Waals surface area contributed by atoms with E-state index in [4.69, 9.17) is 4.74 Å². The maximum Gasteiger partial charge on any atom is 0.310 e. The van der Waals surface area contributed by atoms with Gasteiger partial charge in [-0.1, -0.05) is 17.7 Å². The van der Waals surface area contributed by atoms with Gasteiger partial charge in [0, 0.05) is 24.7 Å². The van der Waals surface area contributed by atoms with Gasteiger partial charge in [-0.25, -0.2) is 8.42 Å². The second kappa shape index (κ2) is 9.14. The maximum atomic E-state index is 13.8. The minimum absolute atomic E-state index is 0.174. The number of ether oxygens (including phenoxy) is 1. The summed E-state index contributed by atoms with van der Waals surface area (Å²) in [7, 11) is -3.83. The monoisotopic (exact) mass is 466 g/mol. The molecule has 0 amide bonds. The van der Waals surface area contributed by atoms with Crippen LogP contribution < -0.4 is 4.90 Å². The zero-order valence-corrected chi connectivity index (χ0v) is 20.4. The van der Waals surface area contributed by atoms with Gasteiger partial charge in [0.05, 0.1) is 28.6 Å². The average Bonchev–Trinajstić information content (AvgIpc) is 2.80. The first-order valence-electron chi connectivity index (χ1n) is 11.4. The Morgan fingerprint density at radius 3 is 2.64 bits per heavy atom. The molecule has 1 saturated heterocycles. The first-order valence-corrected chi connectivity index (χ1v) is 12.8. The van der Waals surface area contributed by atoms with E-state index in [1.165, 1.54) is 6.20 Å². The third-order valence-corrected chi connectivity index (χ3v) is 8.15. The van der Waals surface area contributed by atoms with Gasteiger partial charge >= 0.3 is 5.97 Å². The highest BCUT2D eigenvalue weighted by molar-refractivity contribution is 7.91. The van der Waals surface area contributed by atoms with Crippen molar-refractivity contribution in [3.05, 3.63) is 59.3 Å². The topological polar surface area (TPSA) is 76.6 Å². The van der Waals surface area contributed by atoms with Gasteiger partial charge in [0.2, 0.25) is 9.84 Å². The molecule has 0 spiro atoms. The van der Waals surface area contributed by atoms with Crippen LogP contribution in [0, 0.1) is 26.7 Å². The minimum atomic E-state index is -3.83. The molecule has 0 N–H and O–H groups in total. The summed E-state index contributed by atoms with van der Waals surface area (Å²) in [4.78, 5) is 19.4. The fourth-order valence-electron chi connectivity index (χ4n) is 4.44. The molecule has 2 aromatic carbocycles. The first-order chi connectivity index (χ1) is 15.7. The van der Waals surface area contributed by atoms with Gasteiger partial charge in [0.15, 0.2) is 0 Å². The number of aromatic nitrogens is 1. The van der Waals surface area contributed by atoms with Crippen molar-refractivity contribution < 1.29 is 17.9 Å². The Morgan fingerprint density at radius 1 is 1.12 bits per heavy atom. The Labute approximate surface area is 195 Å². The number of rotatable bonds is 5. The van der Waals surface area contributed by atoms with Crippen LogP contribution in [0.2, 0.25) is 0 Å². The third-order valence-electron chi connectivity index (χ3n) is 6.40. The van der Waals surface area contributed by atoms with Crippen LogP contribution >= 0.6 is 0 Å². The largest absolute Gasteiger partial charge is 0.466 e. The number of carbonyl (C=O) groups is 1. The number of nitrogens with zero attached hydrogens (tertiary/aromatic N) is 2. The molecule has 1 aliphatic heterocycles. The van der Waals surface area contributed by atoms with Gasteiger partial charge in [0.25, 0.3) is 0 Å². The van der Waals surface area contributed by atoms with Crippen LogP contribution in [0.3, 0.4) is 0 Å². The van der Waals surface area contributed by atoms with E-state index in [0.717, 1.165) is 40.4 Å². The summed E-state index contributed by atoms with van der Waals surface area (Å²) in [6, 6.07) is 11.1. The van der Waals surface area contributed by atoms with E-state index in [1.54, 1.807) is 19.1 Å². The van der Waals surface area contributed by atoms with Gasteiger partial charge in [-0.05, 0) is 75.9 Å². The van der Waals surface area contributed by atoms with Crippen LogP contribution in [0.15, 0.2) is 52.4 Å². The van der Waals surface area contributed by atoms with Crippen molar-refractivity contribution in [3.63, 3.8) is 0 Å². The molecule has 2 heterocycles. The molecule has 1 fully saturated rings. The molecular weight excluding hydrogens is 436 g/mol. The molecule has 6 nitrogen and oxygen atoms in total. The van der Waals surface area contributed by atoms with E-state index < -0.39 is 9.84 Å². The van der Waals surface area contributed by atoms with Crippen molar-refractivity contribution in [2.24, 2.45) is 5.92 Å². The summed E-state index contributed by atoms with van der Waals surface area (Å²) in [5, 5.41) is 0.782. The molecular formula is C26H30N2O4S. The molecule has 174 valence electrons. The number of piperidine rings is 1. The number of esters is 1. The van der Waals surface area contributed by atoms with E-state index >= 15 is 0 Å². The van der Waals surface area contributed by atoms with E-state index in [0.29, 0.717) is 25.4 Å². The normalized spacial score (nSPS) is 16.7. The predicted molar refractivity (Wildman–Crippen MR) is 129 cm³/mol. The number of hydrogen-bond acceptors (Lipinski definition) is 6. The lowest BCUT2D eigenvalue weighted by Crippen LogP contribution is -2.40. The van der Waals surface area contributed by atoms with E-state index in [9.17, 15) is 13.2 Å². The van der Waals surface area contributed by atoms with Crippen LogP contribution in [0.4, 0.5) is 5.69 Å². The molecule has 3 aromatic rings. The molecule has 0 saturated carbocycles. The summed E-state index contributed by atoms with van der Waals surface area (Å²) < 4.78 is 33.0. The lowest BCUT2D eigenvalue weighted by Gasteiger charge is -2.35. The molecule has 7 heteroatoms. The molecule has 1 atom stereocenters.